The van der Waals surface area contributed by atoms with Crippen molar-refractivity contribution >= 4 is 29.1 Å². The molecule has 0 aliphatic carbocycles. The van der Waals surface area contributed by atoms with Crippen molar-refractivity contribution in [2.24, 2.45) is 5.92 Å². The lowest BCUT2D eigenvalue weighted by Crippen LogP contribution is -2.26. The molecule has 2 aromatic carbocycles. The standard InChI is InChI=1S/C19H21ClN2O2/c1-13(2)18(23)22-17-12-15(8-9-16(17)20)19(24)21-11-10-14-6-4-3-5-7-14/h3-9,12-13H,10-11H2,1-2H3,(H,21,24)(H,22,23). The Kier molecular flexibility index (Phi) is 6.38. The Morgan fingerprint density at radius 1 is 1.08 bits per heavy atom. The van der Waals surface area contributed by atoms with E-state index in [9.17, 15) is 9.59 Å². The molecular formula is C19H21ClN2O2. The minimum absolute atomic E-state index is 0.140. The summed E-state index contributed by atoms with van der Waals surface area (Å²) >= 11 is 6.09. The quantitative estimate of drug-likeness (QED) is 0.834. The first-order chi connectivity index (χ1) is 11.5. The fourth-order valence-electron chi connectivity index (χ4n) is 2.11. The maximum Gasteiger partial charge on any atom is 0.251 e. The molecule has 0 heterocycles. The van der Waals surface area contributed by atoms with E-state index < -0.39 is 0 Å². The van der Waals surface area contributed by atoms with E-state index in [4.69, 9.17) is 11.6 Å². The second-order valence-corrected chi connectivity index (χ2v) is 6.24. The highest BCUT2D eigenvalue weighted by molar-refractivity contribution is 6.33. The largest absolute Gasteiger partial charge is 0.352 e. The lowest BCUT2D eigenvalue weighted by Gasteiger charge is -2.11. The highest BCUT2D eigenvalue weighted by Crippen LogP contribution is 2.23. The lowest BCUT2D eigenvalue weighted by molar-refractivity contribution is -0.118. The van der Waals surface area contributed by atoms with Gasteiger partial charge >= 0.3 is 0 Å². The van der Waals surface area contributed by atoms with Crippen molar-refractivity contribution in [2.45, 2.75) is 20.3 Å². The van der Waals surface area contributed by atoms with Crippen molar-refractivity contribution in [3.8, 4) is 0 Å². The number of carbonyl (C=O) groups is 2. The van der Waals surface area contributed by atoms with E-state index in [0.29, 0.717) is 22.8 Å². The van der Waals surface area contributed by atoms with Crippen LogP contribution in [0.1, 0.15) is 29.8 Å². The van der Waals surface area contributed by atoms with Gasteiger partial charge < -0.3 is 10.6 Å². The van der Waals surface area contributed by atoms with E-state index in [1.807, 2.05) is 30.3 Å². The van der Waals surface area contributed by atoms with Crippen molar-refractivity contribution < 1.29 is 9.59 Å². The van der Waals surface area contributed by atoms with E-state index in [0.717, 1.165) is 6.42 Å². The van der Waals surface area contributed by atoms with E-state index in [1.54, 1.807) is 32.0 Å². The van der Waals surface area contributed by atoms with Gasteiger partial charge in [-0.15, -0.1) is 0 Å². The van der Waals surface area contributed by atoms with E-state index in [1.165, 1.54) is 5.56 Å². The number of rotatable bonds is 6. The number of carbonyl (C=O) groups excluding carboxylic acids is 2. The van der Waals surface area contributed by atoms with Gasteiger partial charge in [-0.1, -0.05) is 55.8 Å². The summed E-state index contributed by atoms with van der Waals surface area (Å²) in [4.78, 5) is 24.1. The molecule has 0 bridgehead atoms. The molecule has 0 saturated heterocycles. The van der Waals surface area contributed by atoms with Crippen molar-refractivity contribution in [2.75, 3.05) is 11.9 Å². The van der Waals surface area contributed by atoms with E-state index in [-0.39, 0.29) is 17.7 Å². The van der Waals surface area contributed by atoms with Gasteiger partial charge in [0, 0.05) is 18.0 Å². The van der Waals surface area contributed by atoms with Crippen molar-refractivity contribution in [1.82, 2.24) is 5.32 Å². The topological polar surface area (TPSA) is 58.2 Å². The number of nitrogens with one attached hydrogen (secondary N) is 2. The summed E-state index contributed by atoms with van der Waals surface area (Å²) in [5.74, 6) is -0.495. The molecule has 2 aromatic rings. The van der Waals surface area contributed by atoms with Crippen LogP contribution in [0.3, 0.4) is 0 Å². The molecule has 0 saturated carbocycles. The van der Waals surface area contributed by atoms with Crippen LogP contribution in [0.5, 0.6) is 0 Å². The van der Waals surface area contributed by atoms with Gasteiger partial charge in [0.1, 0.15) is 0 Å². The second-order valence-electron chi connectivity index (χ2n) is 5.83. The van der Waals surface area contributed by atoms with Crippen molar-refractivity contribution in [3.63, 3.8) is 0 Å². The predicted octanol–water partition coefficient (Wildman–Crippen LogP) is 3.91. The smallest absolute Gasteiger partial charge is 0.251 e. The Morgan fingerprint density at radius 3 is 2.46 bits per heavy atom. The number of amides is 2. The average Bonchev–Trinajstić information content (AvgIpc) is 2.57. The SMILES string of the molecule is CC(C)C(=O)Nc1cc(C(=O)NCCc2ccccc2)ccc1Cl. The molecule has 0 aromatic heterocycles. The van der Waals surface area contributed by atoms with Gasteiger partial charge in [-0.3, -0.25) is 9.59 Å². The first-order valence-electron chi connectivity index (χ1n) is 7.90. The van der Waals surface area contributed by atoms with Crippen molar-refractivity contribution in [1.29, 1.82) is 0 Å². The molecule has 2 N–H and O–H groups in total. The van der Waals surface area contributed by atoms with Crippen LogP contribution >= 0.6 is 11.6 Å². The highest BCUT2D eigenvalue weighted by Gasteiger charge is 2.12. The molecule has 2 rings (SSSR count). The van der Waals surface area contributed by atoms with Crippen molar-refractivity contribution in [3.05, 3.63) is 64.7 Å². The van der Waals surface area contributed by atoms with Gasteiger partial charge in [0.25, 0.3) is 5.91 Å². The molecule has 126 valence electrons. The Labute approximate surface area is 147 Å². The zero-order valence-corrected chi connectivity index (χ0v) is 14.6. The first kappa shape index (κ1) is 18.0. The van der Waals surface area contributed by atoms with Crippen LogP contribution in [0.15, 0.2) is 48.5 Å². The van der Waals surface area contributed by atoms with Gasteiger partial charge in [-0.25, -0.2) is 0 Å². The third-order valence-corrected chi connectivity index (χ3v) is 3.88. The van der Waals surface area contributed by atoms with Crippen LogP contribution in [-0.2, 0) is 11.2 Å². The van der Waals surface area contributed by atoms with Gasteiger partial charge in [0.05, 0.1) is 10.7 Å². The third-order valence-electron chi connectivity index (χ3n) is 3.55. The minimum Gasteiger partial charge on any atom is -0.352 e. The molecule has 0 radical (unpaired) electrons. The summed E-state index contributed by atoms with van der Waals surface area (Å²) in [6.07, 6.45) is 0.761. The maximum atomic E-state index is 12.3. The molecule has 0 aliphatic heterocycles. The second kappa shape index (κ2) is 8.50. The molecule has 2 amide bonds. The van der Waals surface area contributed by atoms with Gasteiger partial charge in [-0.2, -0.15) is 0 Å². The normalized spacial score (nSPS) is 10.5. The summed E-state index contributed by atoms with van der Waals surface area (Å²) < 4.78 is 0. The fraction of sp³-hybridized carbons (Fsp3) is 0.263. The van der Waals surface area contributed by atoms with Gasteiger partial charge in [0.2, 0.25) is 5.91 Å². The summed E-state index contributed by atoms with van der Waals surface area (Å²) in [6.45, 7) is 4.13. The minimum atomic E-state index is -0.192. The monoisotopic (exact) mass is 344 g/mol. The van der Waals surface area contributed by atoms with Crippen LogP contribution in [0.4, 0.5) is 5.69 Å². The number of hydrogen-bond donors (Lipinski definition) is 2. The summed E-state index contributed by atoms with van der Waals surface area (Å²) in [6, 6.07) is 14.8. The number of hydrogen-bond acceptors (Lipinski definition) is 2. The molecule has 5 heteroatoms. The van der Waals surface area contributed by atoms with E-state index >= 15 is 0 Å². The zero-order valence-electron chi connectivity index (χ0n) is 13.8. The first-order valence-corrected chi connectivity index (χ1v) is 8.27. The van der Waals surface area contributed by atoms with E-state index in [2.05, 4.69) is 10.6 Å². The fourth-order valence-corrected chi connectivity index (χ4v) is 2.27. The van der Waals surface area contributed by atoms with Gasteiger partial charge in [0.15, 0.2) is 0 Å². The zero-order chi connectivity index (χ0) is 17.5. The number of halogens is 1. The Morgan fingerprint density at radius 2 is 1.79 bits per heavy atom. The lowest BCUT2D eigenvalue weighted by atomic mass is 10.1. The molecule has 0 aliphatic rings. The molecule has 0 spiro atoms. The number of anilines is 1. The summed E-state index contributed by atoms with van der Waals surface area (Å²) in [5, 5.41) is 6.02. The molecule has 0 fully saturated rings. The van der Waals surface area contributed by atoms with Crippen LogP contribution in [0.2, 0.25) is 5.02 Å². The number of benzene rings is 2. The van der Waals surface area contributed by atoms with Crippen LogP contribution < -0.4 is 10.6 Å². The maximum absolute atomic E-state index is 12.3. The molecule has 24 heavy (non-hydrogen) atoms. The summed E-state index contributed by atoms with van der Waals surface area (Å²) in [7, 11) is 0. The Balaban J connectivity index is 1.97. The van der Waals surface area contributed by atoms with Gasteiger partial charge in [-0.05, 0) is 30.2 Å². The highest BCUT2D eigenvalue weighted by atomic mass is 35.5. The molecule has 4 nitrogen and oxygen atoms in total. The molecule has 0 unspecified atom stereocenters. The Hall–Kier alpha value is -2.33. The molecule has 0 atom stereocenters. The molecular weight excluding hydrogens is 324 g/mol. The summed E-state index contributed by atoms with van der Waals surface area (Å²) in [5.41, 5.74) is 2.08. The van der Waals surface area contributed by atoms with Crippen LogP contribution in [0, 0.1) is 5.92 Å². The van der Waals surface area contributed by atoms with Crippen LogP contribution in [-0.4, -0.2) is 18.4 Å². The Bertz CT molecular complexity index is 715. The van der Waals surface area contributed by atoms with Crippen LogP contribution in [0.25, 0.3) is 0 Å². The third kappa shape index (κ3) is 5.10. The predicted molar refractivity (Wildman–Crippen MR) is 97.4 cm³/mol. The average molecular weight is 345 g/mol.